The van der Waals surface area contributed by atoms with Crippen molar-refractivity contribution in [1.82, 2.24) is 10.2 Å². The molecule has 1 aromatic rings. The molecule has 0 saturated carbocycles. The third-order valence-electron chi connectivity index (χ3n) is 4.30. The molecule has 21 heavy (non-hydrogen) atoms. The number of hydrogen-bond acceptors (Lipinski definition) is 3. The summed E-state index contributed by atoms with van der Waals surface area (Å²) < 4.78 is 19.5. The monoisotopic (exact) mass is 294 g/mol. The first kappa shape index (κ1) is 16.4. The molecule has 1 atom stereocenters. The van der Waals surface area contributed by atoms with Crippen LogP contribution in [0.4, 0.5) is 4.39 Å². The average Bonchev–Trinajstić information content (AvgIpc) is 2.51. The zero-order valence-corrected chi connectivity index (χ0v) is 13.1. The minimum Gasteiger partial charge on any atom is -0.378 e. The van der Waals surface area contributed by atoms with Crippen LogP contribution in [0.5, 0.6) is 0 Å². The summed E-state index contributed by atoms with van der Waals surface area (Å²) in [5.41, 5.74) is 0.768. The van der Waals surface area contributed by atoms with Gasteiger partial charge in [-0.15, -0.1) is 0 Å². The van der Waals surface area contributed by atoms with Gasteiger partial charge in [0.15, 0.2) is 0 Å². The van der Waals surface area contributed by atoms with Gasteiger partial charge in [0.05, 0.1) is 6.10 Å². The van der Waals surface area contributed by atoms with Crippen LogP contribution < -0.4 is 5.32 Å². The van der Waals surface area contributed by atoms with Crippen LogP contribution >= 0.6 is 0 Å². The number of nitrogens with zero attached hydrogens (tertiary/aromatic N) is 1. The molecule has 0 bridgehead atoms. The van der Waals surface area contributed by atoms with Crippen LogP contribution in [0.3, 0.4) is 0 Å². The third kappa shape index (κ3) is 4.77. The molecule has 1 fully saturated rings. The number of hydrogen-bond donors (Lipinski definition) is 1. The molecule has 0 radical (unpaired) electrons. The molecule has 1 N–H and O–H groups in total. The number of rotatable bonds is 7. The molecular formula is C17H27FN2O. The molecule has 1 aliphatic rings. The molecule has 1 aliphatic heterocycles. The summed E-state index contributed by atoms with van der Waals surface area (Å²) in [5.74, 6) is -0.119. The maximum atomic E-state index is 13.9. The van der Waals surface area contributed by atoms with Gasteiger partial charge in [0.2, 0.25) is 0 Å². The SMILES string of the molecule is CCOC1CCN(CCC(NC)c2ccccc2F)CC1. The Balaban J connectivity index is 1.81. The van der Waals surface area contributed by atoms with Crippen LogP contribution in [-0.2, 0) is 4.74 Å². The number of likely N-dealkylation sites (tertiary alicyclic amines) is 1. The van der Waals surface area contributed by atoms with Gasteiger partial charge in [-0.2, -0.15) is 0 Å². The summed E-state index contributed by atoms with van der Waals surface area (Å²) in [7, 11) is 1.90. The average molecular weight is 294 g/mol. The fourth-order valence-corrected chi connectivity index (χ4v) is 3.06. The van der Waals surface area contributed by atoms with Crippen molar-refractivity contribution < 1.29 is 9.13 Å². The predicted molar refractivity (Wildman–Crippen MR) is 83.9 cm³/mol. The zero-order valence-electron chi connectivity index (χ0n) is 13.1. The Morgan fingerprint density at radius 3 is 2.67 bits per heavy atom. The lowest BCUT2D eigenvalue weighted by Crippen LogP contribution is -2.38. The lowest BCUT2D eigenvalue weighted by Gasteiger charge is -2.32. The van der Waals surface area contributed by atoms with E-state index in [2.05, 4.69) is 17.1 Å². The lowest BCUT2D eigenvalue weighted by atomic mass is 10.0. The summed E-state index contributed by atoms with van der Waals surface area (Å²) in [5, 5.41) is 3.24. The highest BCUT2D eigenvalue weighted by Crippen LogP contribution is 2.21. The maximum Gasteiger partial charge on any atom is 0.127 e. The van der Waals surface area contributed by atoms with E-state index in [1.807, 2.05) is 19.2 Å². The van der Waals surface area contributed by atoms with Gasteiger partial charge in [0, 0.05) is 31.3 Å². The summed E-state index contributed by atoms with van der Waals surface area (Å²) in [6, 6.07) is 7.13. The quantitative estimate of drug-likeness (QED) is 0.837. The van der Waals surface area contributed by atoms with Crippen molar-refractivity contribution >= 4 is 0 Å². The lowest BCUT2D eigenvalue weighted by molar-refractivity contribution is 0.0136. The van der Waals surface area contributed by atoms with E-state index < -0.39 is 0 Å². The highest BCUT2D eigenvalue weighted by atomic mass is 19.1. The predicted octanol–water partition coefficient (Wildman–Crippen LogP) is 2.98. The van der Waals surface area contributed by atoms with Crippen LogP contribution in [-0.4, -0.2) is 44.3 Å². The Morgan fingerprint density at radius 2 is 2.05 bits per heavy atom. The van der Waals surface area contributed by atoms with E-state index in [1.165, 1.54) is 6.07 Å². The van der Waals surface area contributed by atoms with E-state index >= 15 is 0 Å². The van der Waals surface area contributed by atoms with Crippen molar-refractivity contribution in [3.8, 4) is 0 Å². The first-order valence-electron chi connectivity index (χ1n) is 8.00. The van der Waals surface area contributed by atoms with Gasteiger partial charge in [-0.05, 0) is 45.8 Å². The van der Waals surface area contributed by atoms with Crippen LogP contribution in [0.2, 0.25) is 0 Å². The number of piperidine rings is 1. The first-order chi connectivity index (χ1) is 10.2. The number of benzene rings is 1. The summed E-state index contributed by atoms with van der Waals surface area (Å²) in [4.78, 5) is 2.46. The molecule has 1 unspecified atom stereocenters. The fraction of sp³-hybridized carbons (Fsp3) is 0.647. The molecular weight excluding hydrogens is 267 g/mol. The van der Waals surface area contributed by atoms with Gasteiger partial charge < -0.3 is 15.0 Å². The number of nitrogens with one attached hydrogen (secondary N) is 1. The summed E-state index contributed by atoms with van der Waals surface area (Å²) in [6.45, 7) is 6.02. The molecule has 0 spiro atoms. The maximum absolute atomic E-state index is 13.9. The molecule has 0 aliphatic carbocycles. The Kier molecular flexibility index (Phi) is 6.61. The first-order valence-corrected chi connectivity index (χ1v) is 8.00. The van der Waals surface area contributed by atoms with Gasteiger partial charge in [-0.25, -0.2) is 4.39 Å². The number of halogens is 1. The van der Waals surface area contributed by atoms with E-state index in [4.69, 9.17) is 4.74 Å². The second-order valence-corrected chi connectivity index (χ2v) is 5.65. The highest BCUT2D eigenvalue weighted by Gasteiger charge is 2.20. The van der Waals surface area contributed by atoms with Crippen molar-refractivity contribution in [1.29, 1.82) is 0 Å². The van der Waals surface area contributed by atoms with Gasteiger partial charge >= 0.3 is 0 Å². The summed E-state index contributed by atoms with van der Waals surface area (Å²) >= 11 is 0. The normalized spacial score (nSPS) is 18.8. The highest BCUT2D eigenvalue weighted by molar-refractivity contribution is 5.21. The van der Waals surface area contributed by atoms with Crippen molar-refractivity contribution in [2.45, 2.75) is 38.3 Å². The summed E-state index contributed by atoms with van der Waals surface area (Å²) in [6.07, 6.45) is 3.57. The fourth-order valence-electron chi connectivity index (χ4n) is 3.06. The van der Waals surface area contributed by atoms with Crippen LogP contribution in [0.1, 0.15) is 37.8 Å². The van der Waals surface area contributed by atoms with Gasteiger partial charge in [0.25, 0.3) is 0 Å². The molecule has 1 heterocycles. The number of ether oxygens (including phenoxy) is 1. The molecule has 0 aromatic heterocycles. The molecule has 1 saturated heterocycles. The van der Waals surface area contributed by atoms with E-state index in [-0.39, 0.29) is 11.9 Å². The minimum absolute atomic E-state index is 0.0795. The molecule has 0 amide bonds. The Bertz CT molecular complexity index is 419. The van der Waals surface area contributed by atoms with Gasteiger partial charge in [0.1, 0.15) is 5.82 Å². The van der Waals surface area contributed by atoms with Crippen molar-refractivity contribution in [3.63, 3.8) is 0 Å². The zero-order chi connectivity index (χ0) is 15.1. The minimum atomic E-state index is -0.119. The van der Waals surface area contributed by atoms with Crippen molar-refractivity contribution in [2.75, 3.05) is 33.3 Å². The van der Waals surface area contributed by atoms with Crippen LogP contribution in [0, 0.1) is 5.82 Å². The molecule has 2 rings (SSSR count). The second-order valence-electron chi connectivity index (χ2n) is 5.65. The van der Waals surface area contributed by atoms with E-state index in [0.29, 0.717) is 6.10 Å². The molecule has 1 aromatic carbocycles. The van der Waals surface area contributed by atoms with Gasteiger partial charge in [-0.3, -0.25) is 0 Å². The van der Waals surface area contributed by atoms with Gasteiger partial charge in [-0.1, -0.05) is 18.2 Å². The Morgan fingerprint density at radius 1 is 1.33 bits per heavy atom. The molecule has 3 nitrogen and oxygen atoms in total. The van der Waals surface area contributed by atoms with Crippen LogP contribution in [0.25, 0.3) is 0 Å². The van der Waals surface area contributed by atoms with Crippen molar-refractivity contribution in [3.05, 3.63) is 35.6 Å². The van der Waals surface area contributed by atoms with E-state index in [9.17, 15) is 4.39 Å². The van der Waals surface area contributed by atoms with E-state index in [1.54, 1.807) is 6.07 Å². The smallest absolute Gasteiger partial charge is 0.127 e. The topological polar surface area (TPSA) is 24.5 Å². The van der Waals surface area contributed by atoms with Crippen molar-refractivity contribution in [2.24, 2.45) is 0 Å². The van der Waals surface area contributed by atoms with Crippen LogP contribution in [0.15, 0.2) is 24.3 Å². The Labute approximate surface area is 127 Å². The third-order valence-corrected chi connectivity index (χ3v) is 4.30. The second kappa shape index (κ2) is 8.47. The Hall–Kier alpha value is -0.970. The standard InChI is InChI=1S/C17H27FN2O/c1-3-21-14-8-11-20(12-9-14)13-10-17(19-2)15-6-4-5-7-16(15)18/h4-7,14,17,19H,3,8-13H2,1-2H3. The largest absolute Gasteiger partial charge is 0.378 e. The molecule has 4 heteroatoms. The van der Waals surface area contributed by atoms with E-state index in [0.717, 1.165) is 51.1 Å². The molecule has 118 valence electrons.